The molecule has 0 aliphatic carbocycles. The van der Waals surface area contributed by atoms with Gasteiger partial charge >= 0.3 is 0 Å². The van der Waals surface area contributed by atoms with Crippen LogP contribution in [-0.2, 0) is 9.84 Å². The number of sulfone groups is 1. The van der Waals surface area contributed by atoms with Crippen LogP contribution in [0.3, 0.4) is 0 Å². The van der Waals surface area contributed by atoms with E-state index in [0.717, 1.165) is 11.8 Å². The van der Waals surface area contributed by atoms with Gasteiger partial charge in [-0.3, -0.25) is 0 Å². The third-order valence-corrected chi connectivity index (χ3v) is 6.71. The average molecular weight is 390 g/mol. The van der Waals surface area contributed by atoms with Crippen molar-refractivity contribution < 1.29 is 18.3 Å². The molecule has 2 rings (SSSR count). The number of carbonyl (C=O) groups excluding carboxylic acids is 1. The topological polar surface area (TPSA) is 74.3 Å². The molecule has 2 aromatic carbocycles. The van der Waals surface area contributed by atoms with Crippen molar-refractivity contribution in [1.29, 1.82) is 0 Å². The molecule has 8 heteroatoms. The lowest BCUT2D eigenvalue weighted by molar-refractivity contribution is -0.255. The fraction of sp³-hybridized carbons (Fsp3) is 0.133. The standard InChI is InChI=1S/C15H12Cl2O4S2/c16-10-5-6-14(12(17)9-10)23(20,21)8-7-22-13-4-2-1-3-11(13)15(18)19/h1-6,9H,7-8H2,(H,18,19)/p-1. The molecule has 0 N–H and O–H groups in total. The van der Waals surface area contributed by atoms with Crippen molar-refractivity contribution in [1.82, 2.24) is 0 Å². The highest BCUT2D eigenvalue weighted by atomic mass is 35.5. The summed E-state index contributed by atoms with van der Waals surface area (Å²) in [5, 5.41) is 11.4. The van der Waals surface area contributed by atoms with Crippen molar-refractivity contribution in [3.05, 3.63) is 58.1 Å². The Morgan fingerprint density at radius 2 is 1.83 bits per heavy atom. The maximum atomic E-state index is 12.3. The summed E-state index contributed by atoms with van der Waals surface area (Å²) in [5.74, 6) is -1.29. The fourth-order valence-corrected chi connectivity index (χ4v) is 5.38. The quantitative estimate of drug-likeness (QED) is 0.709. The monoisotopic (exact) mass is 389 g/mol. The second-order valence-electron chi connectivity index (χ2n) is 4.53. The summed E-state index contributed by atoms with van der Waals surface area (Å²) in [6.07, 6.45) is 0. The number of rotatable bonds is 6. The van der Waals surface area contributed by atoms with Crippen LogP contribution in [0.25, 0.3) is 0 Å². The lowest BCUT2D eigenvalue weighted by Gasteiger charge is -2.10. The van der Waals surface area contributed by atoms with Gasteiger partial charge in [0.2, 0.25) is 0 Å². The molecule has 0 aromatic heterocycles. The number of carbonyl (C=O) groups is 1. The van der Waals surface area contributed by atoms with Crippen LogP contribution in [-0.4, -0.2) is 25.9 Å². The van der Waals surface area contributed by atoms with Crippen LogP contribution in [0, 0.1) is 0 Å². The molecular weight excluding hydrogens is 379 g/mol. The summed E-state index contributed by atoms with van der Waals surface area (Å²) in [7, 11) is -3.59. The van der Waals surface area contributed by atoms with Crippen LogP contribution >= 0.6 is 35.0 Å². The van der Waals surface area contributed by atoms with Crippen molar-refractivity contribution in [3.63, 3.8) is 0 Å². The molecular formula is C15H11Cl2O4S2-. The SMILES string of the molecule is O=C([O-])c1ccccc1SCCS(=O)(=O)c1ccc(Cl)cc1Cl. The predicted octanol–water partition coefficient (Wildman–Crippen LogP) is 2.92. The zero-order valence-electron chi connectivity index (χ0n) is 11.7. The van der Waals surface area contributed by atoms with Crippen molar-refractivity contribution in [3.8, 4) is 0 Å². The molecule has 0 amide bonds. The fourth-order valence-electron chi connectivity index (χ4n) is 1.86. The summed E-state index contributed by atoms with van der Waals surface area (Å²) < 4.78 is 24.6. The summed E-state index contributed by atoms with van der Waals surface area (Å²) in [6, 6.07) is 10.5. The van der Waals surface area contributed by atoms with E-state index in [9.17, 15) is 18.3 Å². The van der Waals surface area contributed by atoms with Crippen LogP contribution in [0.5, 0.6) is 0 Å². The molecule has 0 heterocycles. The Hall–Kier alpha value is -1.21. The smallest absolute Gasteiger partial charge is 0.180 e. The Morgan fingerprint density at radius 3 is 2.48 bits per heavy atom. The molecule has 122 valence electrons. The van der Waals surface area contributed by atoms with Gasteiger partial charge in [0.15, 0.2) is 9.84 Å². The molecule has 0 atom stereocenters. The van der Waals surface area contributed by atoms with Gasteiger partial charge in [-0.1, -0.05) is 41.4 Å². The number of aromatic carboxylic acids is 1. The van der Waals surface area contributed by atoms with Gasteiger partial charge in [-0.15, -0.1) is 11.8 Å². The van der Waals surface area contributed by atoms with Gasteiger partial charge in [0, 0.05) is 21.2 Å². The summed E-state index contributed by atoms with van der Waals surface area (Å²) in [6.45, 7) is 0. The second-order valence-corrected chi connectivity index (χ2v) is 8.58. The largest absolute Gasteiger partial charge is 0.545 e. The number of carboxylic acids is 1. The number of hydrogen-bond acceptors (Lipinski definition) is 5. The van der Waals surface area contributed by atoms with E-state index in [2.05, 4.69) is 0 Å². The molecule has 4 nitrogen and oxygen atoms in total. The molecule has 23 heavy (non-hydrogen) atoms. The molecule has 0 saturated carbocycles. The Labute approximate surface area is 148 Å². The van der Waals surface area contributed by atoms with Gasteiger partial charge in [-0.25, -0.2) is 8.42 Å². The van der Waals surface area contributed by atoms with E-state index >= 15 is 0 Å². The predicted molar refractivity (Wildman–Crippen MR) is 90.0 cm³/mol. The molecule has 0 fully saturated rings. The van der Waals surface area contributed by atoms with Crippen LogP contribution in [0.15, 0.2) is 52.3 Å². The van der Waals surface area contributed by atoms with Crippen molar-refractivity contribution in [2.75, 3.05) is 11.5 Å². The van der Waals surface area contributed by atoms with Gasteiger partial charge in [0.05, 0.1) is 21.6 Å². The number of benzene rings is 2. The first-order valence-corrected chi connectivity index (χ1v) is 9.81. The van der Waals surface area contributed by atoms with E-state index in [4.69, 9.17) is 23.2 Å². The van der Waals surface area contributed by atoms with Crippen LogP contribution in [0.2, 0.25) is 10.0 Å². The van der Waals surface area contributed by atoms with Gasteiger partial charge in [-0.2, -0.15) is 0 Å². The van der Waals surface area contributed by atoms with Gasteiger partial charge in [0.1, 0.15) is 0 Å². The third kappa shape index (κ3) is 4.64. The van der Waals surface area contributed by atoms with E-state index < -0.39 is 15.8 Å². The molecule has 2 aromatic rings. The van der Waals surface area contributed by atoms with Gasteiger partial charge in [-0.05, 0) is 24.3 Å². The van der Waals surface area contributed by atoms with E-state index in [1.807, 2.05) is 0 Å². The number of halogens is 2. The van der Waals surface area contributed by atoms with Crippen molar-refractivity contribution in [2.24, 2.45) is 0 Å². The Balaban J connectivity index is 2.10. The maximum absolute atomic E-state index is 12.3. The minimum atomic E-state index is -3.59. The van der Waals surface area contributed by atoms with E-state index in [1.165, 1.54) is 24.3 Å². The highest BCUT2D eigenvalue weighted by Crippen LogP contribution is 2.28. The molecule has 0 bridgehead atoms. The van der Waals surface area contributed by atoms with E-state index in [0.29, 0.717) is 9.92 Å². The summed E-state index contributed by atoms with van der Waals surface area (Å²) in [4.78, 5) is 11.5. The summed E-state index contributed by atoms with van der Waals surface area (Å²) >= 11 is 12.8. The first kappa shape index (κ1) is 18.1. The minimum absolute atomic E-state index is 0.0114. The van der Waals surface area contributed by atoms with Crippen LogP contribution in [0.4, 0.5) is 0 Å². The average Bonchev–Trinajstić information content (AvgIpc) is 2.47. The van der Waals surface area contributed by atoms with Gasteiger partial charge in [0.25, 0.3) is 0 Å². The zero-order valence-corrected chi connectivity index (χ0v) is 14.8. The molecule has 0 radical (unpaired) electrons. The Kier molecular flexibility index (Phi) is 5.97. The second kappa shape index (κ2) is 7.57. The van der Waals surface area contributed by atoms with Crippen LogP contribution in [0.1, 0.15) is 10.4 Å². The molecule has 0 aliphatic rings. The van der Waals surface area contributed by atoms with Crippen molar-refractivity contribution in [2.45, 2.75) is 9.79 Å². The lowest BCUT2D eigenvalue weighted by Crippen LogP contribution is -2.23. The normalized spacial score (nSPS) is 11.4. The van der Waals surface area contributed by atoms with Crippen molar-refractivity contribution >= 4 is 50.8 Å². The van der Waals surface area contributed by atoms with E-state index in [1.54, 1.807) is 18.2 Å². The Morgan fingerprint density at radius 1 is 1.13 bits per heavy atom. The minimum Gasteiger partial charge on any atom is -0.545 e. The zero-order chi connectivity index (χ0) is 17.0. The number of carboxylic acid groups (broad SMARTS) is 1. The lowest BCUT2D eigenvalue weighted by atomic mass is 10.2. The number of thioether (sulfide) groups is 1. The van der Waals surface area contributed by atoms with E-state index in [-0.39, 0.29) is 27.0 Å². The Bertz CT molecular complexity index is 835. The van der Waals surface area contributed by atoms with Gasteiger partial charge < -0.3 is 9.90 Å². The van der Waals surface area contributed by atoms with Crippen LogP contribution < -0.4 is 5.11 Å². The number of hydrogen-bond donors (Lipinski definition) is 0. The third-order valence-electron chi connectivity index (χ3n) is 2.95. The maximum Gasteiger partial charge on any atom is 0.180 e. The first-order valence-electron chi connectivity index (χ1n) is 6.42. The molecule has 0 unspecified atom stereocenters. The molecule has 0 saturated heterocycles. The first-order chi connectivity index (χ1) is 10.8. The highest BCUT2D eigenvalue weighted by molar-refractivity contribution is 8.00. The summed E-state index contributed by atoms with van der Waals surface area (Å²) in [5.41, 5.74) is 0.0411. The highest BCUT2D eigenvalue weighted by Gasteiger charge is 2.18. The molecule has 0 aliphatic heterocycles. The molecule has 0 spiro atoms.